The lowest BCUT2D eigenvalue weighted by molar-refractivity contribution is -0.132. The Morgan fingerprint density at radius 1 is 1.36 bits per heavy atom. The van der Waals surface area contributed by atoms with Crippen LogP contribution in [0.2, 0.25) is 0 Å². The van der Waals surface area contributed by atoms with Crippen molar-refractivity contribution in [2.24, 2.45) is 11.7 Å². The van der Waals surface area contributed by atoms with Gasteiger partial charge in [-0.15, -0.1) is 0 Å². The van der Waals surface area contributed by atoms with E-state index in [0.29, 0.717) is 25.3 Å². The van der Waals surface area contributed by atoms with Crippen molar-refractivity contribution in [2.75, 3.05) is 13.1 Å². The Morgan fingerprint density at radius 3 is 2.82 bits per heavy atom. The molecule has 22 heavy (non-hydrogen) atoms. The van der Waals surface area contributed by atoms with Crippen LogP contribution in [0, 0.1) is 11.7 Å². The van der Waals surface area contributed by atoms with E-state index in [1.165, 1.54) is 6.07 Å². The largest absolute Gasteiger partial charge is 0.342 e. The maximum atomic E-state index is 13.2. The summed E-state index contributed by atoms with van der Waals surface area (Å²) in [6.07, 6.45) is 5.43. The zero-order chi connectivity index (χ0) is 15.9. The minimum atomic E-state index is -0.220. The Balaban J connectivity index is 1.89. The Kier molecular flexibility index (Phi) is 6.37. The molecule has 1 fully saturated rings. The van der Waals surface area contributed by atoms with E-state index in [-0.39, 0.29) is 17.8 Å². The van der Waals surface area contributed by atoms with Crippen LogP contribution in [0.25, 0.3) is 0 Å². The van der Waals surface area contributed by atoms with E-state index < -0.39 is 0 Å². The maximum Gasteiger partial charge on any atom is 0.222 e. The molecule has 2 N–H and O–H groups in total. The van der Waals surface area contributed by atoms with Crippen LogP contribution in [0.1, 0.15) is 44.6 Å². The lowest BCUT2D eigenvalue weighted by Gasteiger charge is -2.25. The zero-order valence-corrected chi connectivity index (χ0v) is 13.4. The maximum absolute atomic E-state index is 13.2. The van der Waals surface area contributed by atoms with Gasteiger partial charge in [0.15, 0.2) is 0 Å². The molecule has 1 saturated carbocycles. The van der Waals surface area contributed by atoms with Gasteiger partial charge in [-0.2, -0.15) is 0 Å². The summed E-state index contributed by atoms with van der Waals surface area (Å²) < 4.78 is 13.2. The number of nitrogens with two attached hydrogens (primary N) is 1. The highest BCUT2D eigenvalue weighted by Gasteiger charge is 2.27. The fraction of sp³-hybridized carbons (Fsp3) is 0.611. The van der Waals surface area contributed by atoms with Crippen molar-refractivity contribution in [1.29, 1.82) is 0 Å². The van der Waals surface area contributed by atoms with Gasteiger partial charge in [-0.3, -0.25) is 4.79 Å². The molecule has 2 rings (SSSR count). The molecule has 1 aromatic carbocycles. The molecule has 2 atom stereocenters. The summed E-state index contributed by atoms with van der Waals surface area (Å²) >= 11 is 0. The number of rotatable bonds is 7. The molecule has 0 bridgehead atoms. The molecule has 4 heteroatoms. The molecule has 0 radical (unpaired) electrons. The molecular weight excluding hydrogens is 279 g/mol. The van der Waals surface area contributed by atoms with Crippen molar-refractivity contribution in [3.05, 3.63) is 35.6 Å². The molecule has 0 aromatic heterocycles. The number of amides is 1. The van der Waals surface area contributed by atoms with Crippen molar-refractivity contribution in [3.8, 4) is 0 Å². The monoisotopic (exact) mass is 306 g/mol. The topological polar surface area (TPSA) is 46.3 Å². The third kappa shape index (κ3) is 4.80. The van der Waals surface area contributed by atoms with E-state index in [1.807, 2.05) is 11.0 Å². The highest BCUT2D eigenvalue weighted by Crippen LogP contribution is 2.27. The summed E-state index contributed by atoms with van der Waals surface area (Å²) in [6, 6.07) is 6.79. The van der Waals surface area contributed by atoms with Gasteiger partial charge in [-0.05, 0) is 49.3 Å². The molecular formula is C18H27FN2O. The number of carbonyl (C=O) groups is 1. The van der Waals surface area contributed by atoms with E-state index >= 15 is 0 Å². The Bertz CT molecular complexity index is 492. The Morgan fingerprint density at radius 2 is 2.18 bits per heavy atom. The standard InChI is InChI=1S/C18H27FN2O/c1-2-10-21(11-9-14-5-3-7-16(19)12-14)18(22)13-15-6-4-8-17(15)20/h3,5,7,12,15,17H,2,4,6,8-11,13,20H2,1H3/t15-,17+/m0/s1. The first-order valence-corrected chi connectivity index (χ1v) is 8.38. The molecule has 1 aliphatic rings. The summed E-state index contributed by atoms with van der Waals surface area (Å²) in [5, 5.41) is 0. The van der Waals surface area contributed by atoms with E-state index in [1.54, 1.807) is 12.1 Å². The first-order valence-electron chi connectivity index (χ1n) is 8.38. The third-order valence-corrected chi connectivity index (χ3v) is 4.56. The second-order valence-corrected chi connectivity index (χ2v) is 6.32. The molecule has 0 spiro atoms. The lowest BCUT2D eigenvalue weighted by Crippen LogP contribution is -2.37. The summed E-state index contributed by atoms with van der Waals surface area (Å²) in [5.41, 5.74) is 7.01. The minimum absolute atomic E-state index is 0.177. The minimum Gasteiger partial charge on any atom is -0.342 e. The number of hydrogen-bond donors (Lipinski definition) is 1. The van der Waals surface area contributed by atoms with Crippen molar-refractivity contribution in [2.45, 2.75) is 51.5 Å². The lowest BCUT2D eigenvalue weighted by atomic mass is 9.99. The van der Waals surface area contributed by atoms with Gasteiger partial charge in [0.2, 0.25) is 5.91 Å². The SMILES string of the molecule is CCCN(CCc1cccc(F)c1)C(=O)C[C@@H]1CCC[C@H]1N. The van der Waals surface area contributed by atoms with Crippen molar-refractivity contribution < 1.29 is 9.18 Å². The van der Waals surface area contributed by atoms with Gasteiger partial charge < -0.3 is 10.6 Å². The van der Waals surface area contributed by atoms with Crippen molar-refractivity contribution in [3.63, 3.8) is 0 Å². The predicted molar refractivity (Wildman–Crippen MR) is 86.9 cm³/mol. The molecule has 3 nitrogen and oxygen atoms in total. The van der Waals surface area contributed by atoms with Crippen molar-refractivity contribution in [1.82, 2.24) is 4.90 Å². The fourth-order valence-electron chi connectivity index (χ4n) is 3.26. The zero-order valence-electron chi connectivity index (χ0n) is 13.4. The van der Waals surface area contributed by atoms with Gasteiger partial charge in [-0.1, -0.05) is 25.5 Å². The normalized spacial score (nSPS) is 21.0. The van der Waals surface area contributed by atoms with E-state index in [0.717, 1.165) is 37.8 Å². The van der Waals surface area contributed by atoms with Gasteiger partial charge in [0.25, 0.3) is 0 Å². The number of halogens is 1. The molecule has 1 aliphatic carbocycles. The second kappa shape index (κ2) is 8.28. The van der Waals surface area contributed by atoms with Gasteiger partial charge in [0.1, 0.15) is 5.82 Å². The van der Waals surface area contributed by atoms with Crippen LogP contribution < -0.4 is 5.73 Å². The molecule has 0 aliphatic heterocycles. The van der Waals surface area contributed by atoms with Crippen LogP contribution in [-0.4, -0.2) is 29.9 Å². The number of benzene rings is 1. The van der Waals surface area contributed by atoms with Crippen LogP contribution in [-0.2, 0) is 11.2 Å². The van der Waals surface area contributed by atoms with E-state index in [4.69, 9.17) is 5.73 Å². The van der Waals surface area contributed by atoms with Gasteiger partial charge >= 0.3 is 0 Å². The first kappa shape index (κ1) is 16.9. The van der Waals surface area contributed by atoms with Gasteiger partial charge in [0.05, 0.1) is 0 Å². The molecule has 0 unspecified atom stereocenters. The molecule has 122 valence electrons. The van der Waals surface area contributed by atoms with Crippen molar-refractivity contribution >= 4 is 5.91 Å². The Labute approximate surface area is 132 Å². The number of nitrogens with zero attached hydrogens (tertiary/aromatic N) is 1. The van der Waals surface area contributed by atoms with Crippen LogP contribution in [0.15, 0.2) is 24.3 Å². The molecule has 0 heterocycles. The average molecular weight is 306 g/mol. The number of hydrogen-bond acceptors (Lipinski definition) is 2. The van der Waals surface area contributed by atoms with Crippen LogP contribution in [0.3, 0.4) is 0 Å². The second-order valence-electron chi connectivity index (χ2n) is 6.32. The van der Waals surface area contributed by atoms with Crippen LogP contribution in [0.5, 0.6) is 0 Å². The average Bonchev–Trinajstić information content (AvgIpc) is 2.88. The molecule has 1 amide bonds. The highest BCUT2D eigenvalue weighted by atomic mass is 19.1. The van der Waals surface area contributed by atoms with Gasteiger partial charge in [-0.25, -0.2) is 4.39 Å². The fourth-order valence-corrected chi connectivity index (χ4v) is 3.26. The quantitative estimate of drug-likeness (QED) is 0.841. The molecule has 1 aromatic rings. The summed E-state index contributed by atoms with van der Waals surface area (Å²) in [6.45, 7) is 3.48. The van der Waals surface area contributed by atoms with Gasteiger partial charge in [0, 0.05) is 25.6 Å². The highest BCUT2D eigenvalue weighted by molar-refractivity contribution is 5.76. The first-order chi connectivity index (χ1) is 10.6. The Hall–Kier alpha value is -1.42. The van der Waals surface area contributed by atoms with Crippen LogP contribution >= 0.6 is 0 Å². The van der Waals surface area contributed by atoms with E-state index in [2.05, 4.69) is 6.92 Å². The summed E-state index contributed by atoms with van der Waals surface area (Å²) in [4.78, 5) is 14.4. The smallest absolute Gasteiger partial charge is 0.222 e. The van der Waals surface area contributed by atoms with E-state index in [9.17, 15) is 9.18 Å². The van der Waals surface area contributed by atoms with Crippen LogP contribution in [0.4, 0.5) is 4.39 Å². The third-order valence-electron chi connectivity index (χ3n) is 4.56. The summed E-state index contributed by atoms with van der Waals surface area (Å²) in [5.74, 6) is 0.310. The number of carbonyl (C=O) groups excluding carboxylic acids is 1. The molecule has 0 saturated heterocycles. The summed E-state index contributed by atoms with van der Waals surface area (Å²) in [7, 11) is 0. The predicted octanol–water partition coefficient (Wildman–Crippen LogP) is 3.12.